The number of nitrogens with two attached hydrogens (primary N) is 1. The molecular formula is C14H23FN2O. The van der Waals surface area contributed by atoms with Gasteiger partial charge in [0.25, 0.3) is 0 Å². The number of hydrogen-bond donors (Lipinski definition) is 1. The molecule has 1 rings (SSSR count). The van der Waals surface area contributed by atoms with Gasteiger partial charge in [-0.05, 0) is 39.8 Å². The van der Waals surface area contributed by atoms with Gasteiger partial charge in [0.1, 0.15) is 18.2 Å². The molecule has 102 valence electrons. The van der Waals surface area contributed by atoms with Crippen molar-refractivity contribution in [1.82, 2.24) is 4.90 Å². The van der Waals surface area contributed by atoms with E-state index in [0.717, 1.165) is 6.54 Å². The molecular weight excluding hydrogens is 231 g/mol. The Morgan fingerprint density at radius 2 is 1.83 bits per heavy atom. The van der Waals surface area contributed by atoms with Crippen molar-refractivity contribution in [3.63, 3.8) is 0 Å². The van der Waals surface area contributed by atoms with E-state index in [2.05, 4.69) is 32.6 Å². The zero-order valence-corrected chi connectivity index (χ0v) is 11.6. The van der Waals surface area contributed by atoms with Gasteiger partial charge in [-0.1, -0.05) is 0 Å². The van der Waals surface area contributed by atoms with Gasteiger partial charge in [-0.3, -0.25) is 4.90 Å². The third-order valence-corrected chi connectivity index (χ3v) is 2.91. The number of nitrogens with zero attached hydrogens (tertiary/aromatic N) is 1. The van der Waals surface area contributed by atoms with Crippen molar-refractivity contribution in [2.75, 3.05) is 18.9 Å². The van der Waals surface area contributed by atoms with Crippen molar-refractivity contribution in [2.24, 2.45) is 0 Å². The van der Waals surface area contributed by atoms with Crippen LogP contribution in [-0.2, 0) is 0 Å². The number of anilines is 1. The molecule has 0 spiro atoms. The molecule has 1 aromatic carbocycles. The highest BCUT2D eigenvalue weighted by atomic mass is 19.1. The first-order valence-corrected chi connectivity index (χ1v) is 6.35. The number of benzene rings is 1. The summed E-state index contributed by atoms with van der Waals surface area (Å²) in [5, 5.41) is 0. The molecule has 18 heavy (non-hydrogen) atoms. The zero-order valence-electron chi connectivity index (χ0n) is 11.6. The maximum Gasteiger partial charge on any atom is 0.142 e. The molecule has 4 heteroatoms. The monoisotopic (exact) mass is 254 g/mol. The van der Waals surface area contributed by atoms with Gasteiger partial charge < -0.3 is 10.5 Å². The molecule has 0 aliphatic heterocycles. The first-order valence-electron chi connectivity index (χ1n) is 6.35. The lowest BCUT2D eigenvalue weighted by Crippen LogP contribution is -2.39. The van der Waals surface area contributed by atoms with Crippen LogP contribution < -0.4 is 10.5 Å². The summed E-state index contributed by atoms with van der Waals surface area (Å²) < 4.78 is 18.5. The Hall–Kier alpha value is -1.29. The fourth-order valence-electron chi connectivity index (χ4n) is 2.02. The summed E-state index contributed by atoms with van der Waals surface area (Å²) in [6.07, 6.45) is 0. The van der Waals surface area contributed by atoms with Crippen LogP contribution in [0.1, 0.15) is 27.7 Å². The molecule has 2 N–H and O–H groups in total. The molecule has 0 bridgehead atoms. The van der Waals surface area contributed by atoms with E-state index in [1.54, 1.807) is 6.07 Å². The van der Waals surface area contributed by atoms with Gasteiger partial charge in [0, 0.05) is 24.7 Å². The lowest BCUT2D eigenvalue weighted by atomic mass is 10.2. The largest absolute Gasteiger partial charge is 0.490 e. The minimum atomic E-state index is -0.342. The predicted octanol–water partition coefficient (Wildman–Crippen LogP) is 2.91. The van der Waals surface area contributed by atoms with E-state index in [0.29, 0.717) is 30.1 Å². The minimum Gasteiger partial charge on any atom is -0.490 e. The smallest absolute Gasteiger partial charge is 0.142 e. The van der Waals surface area contributed by atoms with Gasteiger partial charge in [-0.2, -0.15) is 0 Å². The zero-order chi connectivity index (χ0) is 13.7. The lowest BCUT2D eigenvalue weighted by molar-refractivity contribution is 0.142. The van der Waals surface area contributed by atoms with Crippen molar-refractivity contribution >= 4 is 5.69 Å². The molecule has 0 aromatic heterocycles. The van der Waals surface area contributed by atoms with Crippen LogP contribution in [0.3, 0.4) is 0 Å². The Balaban J connectivity index is 2.50. The molecule has 0 amide bonds. The predicted molar refractivity (Wildman–Crippen MR) is 73.3 cm³/mol. The minimum absolute atomic E-state index is 0.342. The summed E-state index contributed by atoms with van der Waals surface area (Å²) in [7, 11) is 0. The Labute approximate surface area is 109 Å². The van der Waals surface area contributed by atoms with E-state index in [1.807, 2.05) is 0 Å². The van der Waals surface area contributed by atoms with Crippen molar-refractivity contribution in [3.8, 4) is 5.75 Å². The van der Waals surface area contributed by atoms with E-state index in [1.165, 1.54) is 12.1 Å². The second kappa shape index (κ2) is 6.59. The highest BCUT2D eigenvalue weighted by Crippen LogP contribution is 2.21. The Morgan fingerprint density at radius 3 is 2.33 bits per heavy atom. The second-order valence-electron chi connectivity index (χ2n) is 4.96. The maximum atomic E-state index is 12.9. The molecule has 0 radical (unpaired) electrons. The molecule has 0 atom stereocenters. The SMILES string of the molecule is CC(C)N(CCOc1ccc(F)cc1N)C(C)C. The summed E-state index contributed by atoms with van der Waals surface area (Å²) in [4.78, 5) is 2.33. The van der Waals surface area contributed by atoms with Gasteiger partial charge in [0.05, 0.1) is 5.69 Å². The Kier molecular flexibility index (Phi) is 5.41. The van der Waals surface area contributed by atoms with E-state index in [-0.39, 0.29) is 5.82 Å². The Bertz CT molecular complexity index is 372. The molecule has 0 saturated carbocycles. The van der Waals surface area contributed by atoms with Crippen molar-refractivity contribution in [1.29, 1.82) is 0 Å². The van der Waals surface area contributed by atoms with Crippen LogP contribution in [0.5, 0.6) is 5.75 Å². The highest BCUT2D eigenvalue weighted by molar-refractivity contribution is 5.52. The maximum absolute atomic E-state index is 12.9. The fraction of sp³-hybridized carbons (Fsp3) is 0.571. The number of nitrogen functional groups attached to an aromatic ring is 1. The fourth-order valence-corrected chi connectivity index (χ4v) is 2.02. The van der Waals surface area contributed by atoms with Crippen LogP contribution in [0.15, 0.2) is 18.2 Å². The molecule has 3 nitrogen and oxygen atoms in total. The summed E-state index contributed by atoms with van der Waals surface area (Å²) in [6.45, 7) is 10.0. The standard InChI is InChI=1S/C14H23FN2O/c1-10(2)17(11(3)4)7-8-18-14-6-5-12(15)9-13(14)16/h5-6,9-11H,7-8,16H2,1-4H3. The summed E-state index contributed by atoms with van der Waals surface area (Å²) >= 11 is 0. The summed E-state index contributed by atoms with van der Waals surface area (Å²) in [6, 6.07) is 5.14. The van der Waals surface area contributed by atoms with Gasteiger partial charge in [-0.15, -0.1) is 0 Å². The summed E-state index contributed by atoms with van der Waals surface area (Å²) in [5.41, 5.74) is 6.02. The summed E-state index contributed by atoms with van der Waals surface area (Å²) in [5.74, 6) is 0.203. The first-order chi connectivity index (χ1) is 8.41. The van der Waals surface area contributed by atoms with Crippen LogP contribution in [0.4, 0.5) is 10.1 Å². The molecule has 0 fully saturated rings. The van der Waals surface area contributed by atoms with Crippen LogP contribution >= 0.6 is 0 Å². The topological polar surface area (TPSA) is 38.5 Å². The molecule has 0 aliphatic carbocycles. The third kappa shape index (κ3) is 4.18. The molecule has 0 heterocycles. The molecule has 0 unspecified atom stereocenters. The molecule has 1 aromatic rings. The second-order valence-corrected chi connectivity index (χ2v) is 4.96. The van der Waals surface area contributed by atoms with Crippen LogP contribution in [0.2, 0.25) is 0 Å². The van der Waals surface area contributed by atoms with Crippen molar-refractivity contribution in [3.05, 3.63) is 24.0 Å². The van der Waals surface area contributed by atoms with Gasteiger partial charge in [0.15, 0.2) is 0 Å². The normalized spacial score (nSPS) is 11.6. The average molecular weight is 254 g/mol. The number of hydrogen-bond acceptors (Lipinski definition) is 3. The third-order valence-electron chi connectivity index (χ3n) is 2.91. The van der Waals surface area contributed by atoms with Gasteiger partial charge in [-0.25, -0.2) is 4.39 Å². The van der Waals surface area contributed by atoms with E-state index < -0.39 is 0 Å². The Morgan fingerprint density at radius 1 is 1.22 bits per heavy atom. The van der Waals surface area contributed by atoms with E-state index in [9.17, 15) is 4.39 Å². The quantitative estimate of drug-likeness (QED) is 0.793. The van der Waals surface area contributed by atoms with E-state index in [4.69, 9.17) is 10.5 Å². The first kappa shape index (κ1) is 14.8. The van der Waals surface area contributed by atoms with Crippen LogP contribution in [0.25, 0.3) is 0 Å². The lowest BCUT2D eigenvalue weighted by Gasteiger charge is -2.30. The van der Waals surface area contributed by atoms with E-state index >= 15 is 0 Å². The number of ether oxygens (including phenoxy) is 1. The average Bonchev–Trinajstić information content (AvgIpc) is 2.25. The van der Waals surface area contributed by atoms with Gasteiger partial charge >= 0.3 is 0 Å². The molecule has 0 aliphatic rings. The van der Waals surface area contributed by atoms with Crippen LogP contribution in [0, 0.1) is 5.82 Å². The van der Waals surface area contributed by atoms with Crippen molar-refractivity contribution < 1.29 is 9.13 Å². The van der Waals surface area contributed by atoms with Gasteiger partial charge in [0.2, 0.25) is 0 Å². The number of halogens is 1. The van der Waals surface area contributed by atoms with Crippen molar-refractivity contribution in [2.45, 2.75) is 39.8 Å². The van der Waals surface area contributed by atoms with Crippen LogP contribution in [-0.4, -0.2) is 30.1 Å². The molecule has 0 saturated heterocycles. The number of rotatable bonds is 6. The highest BCUT2D eigenvalue weighted by Gasteiger charge is 2.13.